The molecule has 1 N–H and O–H groups in total. The van der Waals surface area contributed by atoms with Crippen LogP contribution in [0.2, 0.25) is 0 Å². The summed E-state index contributed by atoms with van der Waals surface area (Å²) < 4.78 is 22.0. The van der Waals surface area contributed by atoms with Gasteiger partial charge in [0.05, 0.1) is 44.2 Å². The minimum atomic E-state index is -0.892. The molecule has 0 amide bonds. The Hall–Kier alpha value is -4.18. The second-order valence-electron chi connectivity index (χ2n) is 12.3. The number of rotatable bonds is 9. The number of carbonyl (C=O) groups is 1. The van der Waals surface area contributed by atoms with E-state index < -0.39 is 5.97 Å². The molecule has 240 valence electrons. The normalized spacial score (nSPS) is 15.9. The molecule has 0 unspecified atom stereocenters. The van der Waals surface area contributed by atoms with Crippen molar-refractivity contribution in [2.75, 3.05) is 46.1 Å². The van der Waals surface area contributed by atoms with Gasteiger partial charge < -0.3 is 23.9 Å². The van der Waals surface area contributed by atoms with E-state index in [9.17, 15) is 9.90 Å². The third-order valence-corrected chi connectivity index (χ3v) is 9.41. The SMILES string of the molecule is Cc1c2c(nn1CCN1CCOCC1)COCCCCn1c(C(=O)O)c(CCCOc3cccc4ccccc34)c3cccc-2c31. The van der Waals surface area contributed by atoms with Crippen LogP contribution in [0.4, 0.5) is 0 Å². The largest absolute Gasteiger partial charge is 0.493 e. The lowest BCUT2D eigenvalue weighted by atomic mass is 9.98. The number of hydrogen-bond donors (Lipinski definition) is 1. The standard InChI is InChI=1S/C37H42N4O5/c1-26-34-31-13-7-12-29-30(14-8-22-46-33-15-6-10-27-9-2-3-11-28(27)33)36(37(42)43)40(35(29)31)16-4-5-21-45-25-32(34)38-41(26)18-17-39-19-23-44-24-20-39/h2-3,6-7,9-13,15H,4-5,8,14,16-25H2,1H3,(H,42,43). The predicted octanol–water partition coefficient (Wildman–Crippen LogP) is 6.32. The zero-order valence-electron chi connectivity index (χ0n) is 26.5. The van der Waals surface area contributed by atoms with Gasteiger partial charge in [0.2, 0.25) is 0 Å². The summed E-state index contributed by atoms with van der Waals surface area (Å²) in [7, 11) is 0. The van der Waals surface area contributed by atoms with Crippen molar-refractivity contribution in [2.45, 2.75) is 52.3 Å². The topological polar surface area (TPSA) is 91.0 Å². The molecule has 4 heterocycles. The smallest absolute Gasteiger partial charge is 0.352 e. The lowest BCUT2D eigenvalue weighted by molar-refractivity contribution is 0.0358. The van der Waals surface area contributed by atoms with E-state index in [1.165, 1.54) is 0 Å². The summed E-state index contributed by atoms with van der Waals surface area (Å²) in [5, 5.41) is 18.9. The Kier molecular flexibility index (Phi) is 9.05. The molecule has 3 aromatic carbocycles. The Labute approximate surface area is 269 Å². The number of nitrogens with zero attached hydrogens (tertiary/aromatic N) is 4. The van der Waals surface area contributed by atoms with Gasteiger partial charge in [-0.15, -0.1) is 0 Å². The van der Waals surface area contributed by atoms with Crippen LogP contribution in [0, 0.1) is 6.92 Å². The summed E-state index contributed by atoms with van der Waals surface area (Å²) in [6.07, 6.45) is 2.98. The third-order valence-electron chi connectivity index (χ3n) is 9.41. The molecule has 0 radical (unpaired) electrons. The minimum Gasteiger partial charge on any atom is -0.493 e. The van der Waals surface area contributed by atoms with Crippen molar-refractivity contribution in [3.05, 3.63) is 83.3 Å². The van der Waals surface area contributed by atoms with Gasteiger partial charge >= 0.3 is 5.97 Å². The quantitative estimate of drug-likeness (QED) is 0.193. The number of aromatic carboxylic acids is 1. The Bertz CT molecular complexity index is 1850. The van der Waals surface area contributed by atoms with Crippen molar-refractivity contribution < 1.29 is 24.1 Å². The second-order valence-corrected chi connectivity index (χ2v) is 12.3. The molecule has 46 heavy (non-hydrogen) atoms. The van der Waals surface area contributed by atoms with Crippen LogP contribution in [0.25, 0.3) is 32.8 Å². The second kappa shape index (κ2) is 13.7. The predicted molar refractivity (Wildman–Crippen MR) is 179 cm³/mol. The van der Waals surface area contributed by atoms with Crippen LogP contribution in [-0.4, -0.2) is 76.4 Å². The fourth-order valence-corrected chi connectivity index (χ4v) is 7.14. The highest BCUT2D eigenvalue weighted by atomic mass is 16.5. The number of carboxylic acids is 1. The lowest BCUT2D eigenvalue weighted by Crippen LogP contribution is -2.38. The molecule has 5 aromatic rings. The van der Waals surface area contributed by atoms with Gasteiger partial charge in [0.15, 0.2) is 0 Å². The molecule has 7 rings (SSSR count). The van der Waals surface area contributed by atoms with Crippen molar-refractivity contribution in [3.8, 4) is 16.9 Å². The van der Waals surface area contributed by atoms with Gasteiger partial charge in [-0.1, -0.05) is 54.6 Å². The molecule has 1 fully saturated rings. The van der Waals surface area contributed by atoms with E-state index >= 15 is 0 Å². The molecule has 0 spiro atoms. The summed E-state index contributed by atoms with van der Waals surface area (Å²) in [6.45, 7) is 9.37. The number of hydrogen-bond acceptors (Lipinski definition) is 6. The van der Waals surface area contributed by atoms with Crippen molar-refractivity contribution in [1.29, 1.82) is 0 Å². The highest BCUT2D eigenvalue weighted by Crippen LogP contribution is 2.39. The van der Waals surface area contributed by atoms with Gasteiger partial charge in [0.25, 0.3) is 0 Å². The van der Waals surface area contributed by atoms with E-state index in [4.69, 9.17) is 19.3 Å². The summed E-state index contributed by atoms with van der Waals surface area (Å²) in [5.41, 5.74) is 6.29. The molecule has 2 aromatic heterocycles. The number of morpholine rings is 1. The van der Waals surface area contributed by atoms with E-state index in [0.29, 0.717) is 44.9 Å². The summed E-state index contributed by atoms with van der Waals surface area (Å²) in [4.78, 5) is 15.4. The Balaban J connectivity index is 1.23. The van der Waals surface area contributed by atoms with E-state index in [0.717, 1.165) is 108 Å². The minimum absolute atomic E-state index is 0.381. The highest BCUT2D eigenvalue weighted by Gasteiger charge is 2.27. The van der Waals surface area contributed by atoms with Crippen molar-refractivity contribution in [3.63, 3.8) is 0 Å². The molecule has 0 bridgehead atoms. The summed E-state index contributed by atoms with van der Waals surface area (Å²) in [5.74, 6) is -0.0389. The fraction of sp³-hybridized carbons (Fsp3) is 0.405. The van der Waals surface area contributed by atoms with Crippen LogP contribution >= 0.6 is 0 Å². The van der Waals surface area contributed by atoms with Crippen LogP contribution in [-0.2, 0) is 35.6 Å². The molecule has 9 nitrogen and oxygen atoms in total. The van der Waals surface area contributed by atoms with Crippen molar-refractivity contribution in [2.24, 2.45) is 0 Å². The van der Waals surface area contributed by atoms with Gasteiger partial charge in [-0.2, -0.15) is 5.10 Å². The zero-order chi connectivity index (χ0) is 31.5. The molecule has 9 heteroatoms. The molecule has 0 atom stereocenters. The van der Waals surface area contributed by atoms with Gasteiger partial charge in [0, 0.05) is 60.4 Å². The molecule has 0 saturated carbocycles. The summed E-state index contributed by atoms with van der Waals surface area (Å²) >= 11 is 0. The van der Waals surface area contributed by atoms with Crippen molar-refractivity contribution >= 4 is 27.6 Å². The Morgan fingerprint density at radius 1 is 0.913 bits per heavy atom. The maximum Gasteiger partial charge on any atom is 0.352 e. The van der Waals surface area contributed by atoms with Gasteiger partial charge in [-0.25, -0.2) is 4.79 Å². The average molecular weight is 623 g/mol. The Morgan fingerprint density at radius 3 is 2.59 bits per heavy atom. The number of benzene rings is 3. The van der Waals surface area contributed by atoms with Crippen molar-refractivity contribution in [1.82, 2.24) is 19.2 Å². The average Bonchev–Trinajstić information content (AvgIpc) is 3.56. The van der Waals surface area contributed by atoms with E-state index in [-0.39, 0.29) is 0 Å². The first kappa shape index (κ1) is 30.5. The molecular formula is C37H42N4O5. The van der Waals surface area contributed by atoms with E-state index in [1.807, 2.05) is 28.8 Å². The van der Waals surface area contributed by atoms with Gasteiger partial charge in [0.1, 0.15) is 11.4 Å². The number of aromatic nitrogens is 3. The molecule has 0 aliphatic carbocycles. The monoisotopic (exact) mass is 622 g/mol. The first-order chi connectivity index (χ1) is 22.6. The lowest BCUT2D eigenvalue weighted by Gasteiger charge is -2.26. The van der Waals surface area contributed by atoms with Crippen LogP contribution in [0.5, 0.6) is 5.75 Å². The van der Waals surface area contributed by atoms with Gasteiger partial charge in [-0.05, 0) is 49.6 Å². The zero-order valence-corrected chi connectivity index (χ0v) is 26.5. The van der Waals surface area contributed by atoms with Crippen LogP contribution in [0.1, 0.15) is 46.7 Å². The third kappa shape index (κ3) is 6.02. The Morgan fingerprint density at radius 2 is 1.72 bits per heavy atom. The number of para-hydroxylation sites is 1. The highest BCUT2D eigenvalue weighted by molar-refractivity contribution is 6.04. The summed E-state index contributed by atoms with van der Waals surface area (Å²) in [6, 6.07) is 20.6. The maximum absolute atomic E-state index is 13.0. The number of aryl methyl sites for hydroxylation is 2. The number of carboxylic acid groups (broad SMARTS) is 1. The molecular weight excluding hydrogens is 580 g/mol. The van der Waals surface area contributed by atoms with E-state index in [1.54, 1.807) is 0 Å². The van der Waals surface area contributed by atoms with Crippen LogP contribution in [0.3, 0.4) is 0 Å². The molecule has 2 aliphatic rings. The number of fused-ring (bicyclic) bond motifs is 3. The van der Waals surface area contributed by atoms with Gasteiger partial charge in [-0.3, -0.25) is 9.58 Å². The number of ether oxygens (including phenoxy) is 3. The maximum atomic E-state index is 13.0. The first-order valence-electron chi connectivity index (χ1n) is 16.5. The van der Waals surface area contributed by atoms with Crippen LogP contribution in [0.15, 0.2) is 60.7 Å². The fourth-order valence-electron chi connectivity index (χ4n) is 7.14. The first-order valence-corrected chi connectivity index (χ1v) is 16.5. The van der Waals surface area contributed by atoms with E-state index in [2.05, 4.69) is 52.9 Å². The molecule has 1 saturated heterocycles. The molecule has 2 aliphatic heterocycles. The van der Waals surface area contributed by atoms with Crippen LogP contribution < -0.4 is 4.74 Å².